The number of hydrogen-bond donors (Lipinski definition) is 2. The Morgan fingerprint density at radius 2 is 1.80 bits per heavy atom. The van der Waals surface area contributed by atoms with E-state index in [1.54, 1.807) is 7.11 Å². The number of esters is 1. The van der Waals surface area contributed by atoms with Crippen LogP contribution in [-0.2, 0) is 4.74 Å². The van der Waals surface area contributed by atoms with Crippen LogP contribution in [0.25, 0.3) is 10.4 Å². The molecule has 0 aliphatic carbocycles. The van der Waals surface area contributed by atoms with Gasteiger partial charge in [-0.1, -0.05) is 30.3 Å². The zero-order valence-corrected chi connectivity index (χ0v) is 21.5. The van der Waals surface area contributed by atoms with Gasteiger partial charge >= 0.3 is 5.97 Å². The van der Waals surface area contributed by atoms with Gasteiger partial charge in [-0.15, -0.1) is 11.3 Å². The first kappa shape index (κ1) is 25.0. The maximum Gasteiger partial charge on any atom is 0.350 e. The molecule has 1 aliphatic rings. The molecule has 9 heteroatoms. The number of ether oxygens (including phenoxy) is 3. The van der Waals surface area contributed by atoms with Gasteiger partial charge in [-0.2, -0.15) is 0 Å². The summed E-state index contributed by atoms with van der Waals surface area (Å²) in [6, 6.07) is 17.3. The molecule has 4 rings (SSSR count). The molecule has 0 bridgehead atoms. The van der Waals surface area contributed by atoms with E-state index in [4.69, 9.17) is 26.4 Å². The predicted molar refractivity (Wildman–Crippen MR) is 145 cm³/mol. The average Bonchev–Trinajstić information content (AvgIpc) is 3.55. The summed E-state index contributed by atoms with van der Waals surface area (Å²) < 4.78 is 16.4. The highest BCUT2D eigenvalue weighted by atomic mass is 32.1. The van der Waals surface area contributed by atoms with Crippen LogP contribution in [0.4, 0.5) is 11.4 Å². The van der Waals surface area contributed by atoms with Crippen LogP contribution in [0, 0.1) is 0 Å². The number of thiophene rings is 1. The Balaban J connectivity index is 1.42. The lowest BCUT2D eigenvalue weighted by molar-refractivity contribution is 0.0607. The number of likely N-dealkylation sites (tertiary alicyclic amines) is 1. The van der Waals surface area contributed by atoms with Crippen LogP contribution >= 0.6 is 23.6 Å². The fourth-order valence-electron chi connectivity index (χ4n) is 3.91. The third kappa shape index (κ3) is 6.50. The number of nitrogens with zero attached hydrogens (tertiary/aromatic N) is 1. The Hall–Kier alpha value is -3.14. The van der Waals surface area contributed by atoms with Crippen molar-refractivity contribution in [1.29, 1.82) is 0 Å². The summed E-state index contributed by atoms with van der Waals surface area (Å²) in [7, 11) is 2.98. The predicted octanol–water partition coefficient (Wildman–Crippen LogP) is 5.49. The number of rotatable bonds is 9. The van der Waals surface area contributed by atoms with Crippen LogP contribution in [0.3, 0.4) is 0 Å². The number of thiocarbonyl (C=S) groups is 1. The van der Waals surface area contributed by atoms with Crippen molar-refractivity contribution in [1.82, 2.24) is 4.90 Å². The lowest BCUT2D eigenvalue weighted by Crippen LogP contribution is -2.25. The fraction of sp³-hybridized carbons (Fsp3) is 0.308. The molecule has 1 aliphatic heterocycles. The van der Waals surface area contributed by atoms with E-state index in [-0.39, 0.29) is 0 Å². The van der Waals surface area contributed by atoms with Crippen LogP contribution in [0.1, 0.15) is 22.5 Å². The molecule has 1 fully saturated rings. The lowest BCUT2D eigenvalue weighted by Gasteiger charge is -2.17. The number of anilines is 2. The third-order valence-corrected chi connectivity index (χ3v) is 7.06. The van der Waals surface area contributed by atoms with Crippen molar-refractivity contribution >= 4 is 46.0 Å². The second kappa shape index (κ2) is 12.0. The summed E-state index contributed by atoms with van der Waals surface area (Å²) in [5.74, 6) is 0.894. The highest BCUT2D eigenvalue weighted by Gasteiger charge is 2.19. The lowest BCUT2D eigenvalue weighted by atomic mass is 10.2. The van der Waals surface area contributed by atoms with E-state index in [0.29, 0.717) is 33.8 Å². The SMILES string of the molecule is COC(=O)c1sc(-c2ccccc2)cc1NC(=S)Nc1ccc(OCCN2CCCC2)c(OC)c1. The number of carbonyl (C=O) groups excluding carboxylic acids is 1. The highest BCUT2D eigenvalue weighted by Crippen LogP contribution is 2.36. The van der Waals surface area contributed by atoms with E-state index in [1.165, 1.54) is 31.3 Å². The minimum Gasteiger partial charge on any atom is -0.493 e. The molecule has 0 amide bonds. The van der Waals surface area contributed by atoms with Crippen LogP contribution in [0.5, 0.6) is 11.5 Å². The summed E-state index contributed by atoms with van der Waals surface area (Å²) in [5, 5.41) is 6.63. The van der Waals surface area contributed by atoms with E-state index in [1.807, 2.05) is 54.6 Å². The first-order valence-corrected chi connectivity index (χ1v) is 12.7. The van der Waals surface area contributed by atoms with E-state index >= 15 is 0 Å². The first-order valence-electron chi connectivity index (χ1n) is 11.5. The summed E-state index contributed by atoms with van der Waals surface area (Å²) in [5.41, 5.74) is 2.34. The number of nitrogens with one attached hydrogen (secondary N) is 2. The second-order valence-corrected chi connectivity index (χ2v) is 9.51. The van der Waals surface area contributed by atoms with Gasteiger partial charge in [-0.25, -0.2) is 4.79 Å². The van der Waals surface area contributed by atoms with Gasteiger partial charge in [0.25, 0.3) is 0 Å². The van der Waals surface area contributed by atoms with Crippen LogP contribution in [-0.4, -0.2) is 56.4 Å². The van der Waals surface area contributed by atoms with Crippen molar-refractivity contribution in [2.75, 3.05) is 51.1 Å². The molecule has 184 valence electrons. The summed E-state index contributed by atoms with van der Waals surface area (Å²) in [6.45, 7) is 3.80. The van der Waals surface area contributed by atoms with Crippen molar-refractivity contribution in [3.8, 4) is 21.9 Å². The van der Waals surface area contributed by atoms with Crippen molar-refractivity contribution in [3.05, 3.63) is 59.5 Å². The van der Waals surface area contributed by atoms with Gasteiger partial charge in [0.15, 0.2) is 16.6 Å². The van der Waals surface area contributed by atoms with Gasteiger partial charge in [0, 0.05) is 23.2 Å². The molecule has 7 nitrogen and oxygen atoms in total. The Kier molecular flexibility index (Phi) is 8.57. The van der Waals surface area contributed by atoms with Crippen molar-refractivity contribution in [2.45, 2.75) is 12.8 Å². The van der Waals surface area contributed by atoms with Crippen molar-refractivity contribution < 1.29 is 19.0 Å². The van der Waals surface area contributed by atoms with Gasteiger partial charge in [0.1, 0.15) is 11.5 Å². The van der Waals surface area contributed by atoms with E-state index in [2.05, 4.69) is 15.5 Å². The molecule has 1 aromatic heterocycles. The molecule has 2 aromatic carbocycles. The van der Waals surface area contributed by atoms with Crippen LogP contribution in [0.15, 0.2) is 54.6 Å². The van der Waals surface area contributed by atoms with E-state index in [9.17, 15) is 4.79 Å². The summed E-state index contributed by atoms with van der Waals surface area (Å²) >= 11 is 6.88. The Morgan fingerprint density at radius 3 is 2.51 bits per heavy atom. The normalized spacial score (nSPS) is 13.3. The summed E-state index contributed by atoms with van der Waals surface area (Å²) in [4.78, 5) is 16.2. The zero-order valence-electron chi connectivity index (χ0n) is 19.8. The number of carbonyl (C=O) groups is 1. The monoisotopic (exact) mass is 511 g/mol. The maximum absolute atomic E-state index is 12.4. The number of hydrogen-bond acceptors (Lipinski definition) is 7. The first-order chi connectivity index (χ1) is 17.1. The number of benzene rings is 2. The van der Waals surface area contributed by atoms with Crippen molar-refractivity contribution in [3.63, 3.8) is 0 Å². The molecular weight excluding hydrogens is 482 g/mol. The average molecular weight is 512 g/mol. The van der Waals surface area contributed by atoms with Crippen LogP contribution < -0.4 is 20.1 Å². The molecule has 1 saturated heterocycles. The largest absolute Gasteiger partial charge is 0.493 e. The molecule has 3 aromatic rings. The molecule has 2 heterocycles. The molecular formula is C26H29N3O4S2. The van der Waals surface area contributed by atoms with Gasteiger partial charge in [0.2, 0.25) is 0 Å². The molecule has 0 saturated carbocycles. The third-order valence-electron chi connectivity index (χ3n) is 5.69. The zero-order chi connectivity index (χ0) is 24.6. The number of methoxy groups -OCH3 is 2. The van der Waals surface area contributed by atoms with Crippen LogP contribution in [0.2, 0.25) is 0 Å². The van der Waals surface area contributed by atoms with Gasteiger partial charge < -0.3 is 24.8 Å². The molecule has 0 unspecified atom stereocenters. The minimum atomic E-state index is -0.417. The molecule has 2 N–H and O–H groups in total. The van der Waals surface area contributed by atoms with Gasteiger partial charge in [-0.05, 0) is 61.9 Å². The molecule has 35 heavy (non-hydrogen) atoms. The molecule has 0 radical (unpaired) electrons. The smallest absolute Gasteiger partial charge is 0.350 e. The van der Waals surface area contributed by atoms with Gasteiger partial charge in [-0.3, -0.25) is 4.90 Å². The Morgan fingerprint density at radius 1 is 1.03 bits per heavy atom. The summed E-state index contributed by atoms with van der Waals surface area (Å²) in [6.07, 6.45) is 2.52. The Labute approximate surface area is 215 Å². The second-order valence-electron chi connectivity index (χ2n) is 8.05. The Bertz CT molecular complexity index is 1160. The van der Waals surface area contributed by atoms with E-state index < -0.39 is 5.97 Å². The standard InChI is InChI=1S/C26H29N3O4S2/c1-31-22-16-19(10-11-21(22)33-15-14-29-12-6-7-13-29)27-26(34)28-20-17-23(18-8-4-3-5-9-18)35-24(20)25(30)32-2/h3-5,8-11,16-17H,6-7,12-15H2,1-2H3,(H2,27,28,34). The van der Waals surface area contributed by atoms with E-state index in [0.717, 1.165) is 35.8 Å². The fourth-order valence-corrected chi connectivity index (χ4v) is 5.18. The molecule has 0 atom stereocenters. The molecule has 0 spiro atoms. The van der Waals surface area contributed by atoms with Gasteiger partial charge in [0.05, 0.1) is 19.9 Å². The quantitative estimate of drug-likeness (QED) is 0.289. The van der Waals surface area contributed by atoms with Crippen molar-refractivity contribution in [2.24, 2.45) is 0 Å². The minimum absolute atomic E-state index is 0.345. The maximum atomic E-state index is 12.4. The topological polar surface area (TPSA) is 72.1 Å². The highest BCUT2D eigenvalue weighted by molar-refractivity contribution is 7.80.